The third-order valence-corrected chi connectivity index (χ3v) is 5.80. The van der Waals surface area contributed by atoms with E-state index >= 15 is 0 Å². The van der Waals surface area contributed by atoms with Gasteiger partial charge in [-0.3, -0.25) is 0 Å². The summed E-state index contributed by atoms with van der Waals surface area (Å²) in [7, 11) is -3.57. The van der Waals surface area contributed by atoms with Gasteiger partial charge in [-0.2, -0.15) is 12.7 Å². The van der Waals surface area contributed by atoms with Crippen LogP contribution < -0.4 is 4.72 Å². The first-order valence-corrected chi connectivity index (χ1v) is 10.0. The molecule has 0 unspecified atom stereocenters. The fourth-order valence-electron chi connectivity index (χ4n) is 2.83. The van der Waals surface area contributed by atoms with Crippen LogP contribution in [0.3, 0.4) is 0 Å². The van der Waals surface area contributed by atoms with Crippen molar-refractivity contribution in [1.29, 1.82) is 0 Å². The number of hydrogen-bond donors (Lipinski definition) is 1. The molecule has 0 bridgehead atoms. The van der Waals surface area contributed by atoms with Crippen LogP contribution in [0.5, 0.6) is 0 Å². The SMILES string of the molecule is CCOC(=O)N1CCN(S(=O)(=O)NCCc2cn3ccccc3n2)CC1. The molecule has 1 N–H and O–H groups in total. The molecule has 142 valence electrons. The minimum absolute atomic E-state index is 0.252. The summed E-state index contributed by atoms with van der Waals surface area (Å²) in [5.41, 5.74) is 1.66. The van der Waals surface area contributed by atoms with Crippen molar-refractivity contribution in [3.05, 3.63) is 36.3 Å². The van der Waals surface area contributed by atoms with Gasteiger partial charge in [0.1, 0.15) is 5.65 Å². The fraction of sp³-hybridized carbons (Fsp3) is 0.500. The number of aromatic nitrogens is 2. The lowest BCUT2D eigenvalue weighted by Gasteiger charge is -2.33. The number of fused-ring (bicyclic) bond motifs is 1. The molecule has 2 aromatic rings. The van der Waals surface area contributed by atoms with E-state index in [-0.39, 0.29) is 19.6 Å². The van der Waals surface area contributed by atoms with E-state index in [1.807, 2.05) is 35.0 Å². The largest absolute Gasteiger partial charge is 0.450 e. The van der Waals surface area contributed by atoms with Crippen LogP contribution in [0.1, 0.15) is 12.6 Å². The van der Waals surface area contributed by atoms with E-state index in [0.29, 0.717) is 26.1 Å². The highest BCUT2D eigenvalue weighted by atomic mass is 32.2. The molecule has 26 heavy (non-hydrogen) atoms. The van der Waals surface area contributed by atoms with Gasteiger partial charge in [0.25, 0.3) is 10.2 Å². The summed E-state index contributed by atoms with van der Waals surface area (Å²) in [5.74, 6) is 0. The van der Waals surface area contributed by atoms with Gasteiger partial charge in [0.15, 0.2) is 0 Å². The number of carbonyl (C=O) groups excluding carboxylic acids is 1. The van der Waals surface area contributed by atoms with Crippen molar-refractivity contribution in [2.45, 2.75) is 13.3 Å². The Balaban J connectivity index is 1.49. The Labute approximate surface area is 152 Å². The van der Waals surface area contributed by atoms with Crippen molar-refractivity contribution in [2.75, 3.05) is 39.3 Å². The average Bonchev–Trinajstić information content (AvgIpc) is 3.04. The van der Waals surface area contributed by atoms with E-state index in [0.717, 1.165) is 11.3 Å². The van der Waals surface area contributed by atoms with Crippen molar-refractivity contribution >= 4 is 21.9 Å². The summed E-state index contributed by atoms with van der Waals surface area (Å²) < 4.78 is 35.6. The quantitative estimate of drug-likeness (QED) is 0.785. The summed E-state index contributed by atoms with van der Waals surface area (Å²) in [6.07, 6.45) is 3.90. The van der Waals surface area contributed by atoms with Gasteiger partial charge in [-0.05, 0) is 19.1 Å². The number of hydrogen-bond acceptors (Lipinski definition) is 5. The maximum Gasteiger partial charge on any atom is 0.409 e. The summed E-state index contributed by atoms with van der Waals surface area (Å²) in [5, 5.41) is 0. The molecule has 1 amide bonds. The highest BCUT2D eigenvalue weighted by Gasteiger charge is 2.29. The molecule has 9 nitrogen and oxygen atoms in total. The Hall–Kier alpha value is -2.17. The molecule has 3 heterocycles. The Morgan fingerprint density at radius 1 is 1.27 bits per heavy atom. The summed E-state index contributed by atoms with van der Waals surface area (Å²) in [6, 6.07) is 5.72. The molecule has 1 saturated heterocycles. The lowest BCUT2D eigenvalue weighted by molar-refractivity contribution is 0.0932. The topological polar surface area (TPSA) is 96.2 Å². The van der Waals surface area contributed by atoms with E-state index in [1.165, 1.54) is 9.21 Å². The second-order valence-corrected chi connectivity index (χ2v) is 7.69. The van der Waals surface area contributed by atoms with E-state index in [2.05, 4.69) is 9.71 Å². The van der Waals surface area contributed by atoms with E-state index < -0.39 is 16.3 Å². The molecule has 0 aliphatic carbocycles. The number of nitrogens with zero attached hydrogens (tertiary/aromatic N) is 4. The third-order valence-electron chi connectivity index (χ3n) is 4.18. The van der Waals surface area contributed by atoms with Crippen molar-refractivity contribution in [1.82, 2.24) is 23.3 Å². The first kappa shape index (κ1) is 18.6. The third kappa shape index (κ3) is 4.32. The number of ether oxygens (including phenoxy) is 1. The number of carbonyl (C=O) groups is 1. The highest BCUT2D eigenvalue weighted by Crippen LogP contribution is 2.08. The predicted molar refractivity (Wildman–Crippen MR) is 96.0 cm³/mol. The Morgan fingerprint density at radius 3 is 2.73 bits per heavy atom. The summed E-state index contributed by atoms with van der Waals surface area (Å²) >= 11 is 0. The maximum atomic E-state index is 12.4. The molecular formula is C16H23N5O4S. The zero-order valence-electron chi connectivity index (χ0n) is 14.7. The smallest absolute Gasteiger partial charge is 0.409 e. The van der Waals surface area contributed by atoms with Gasteiger partial charge in [0, 0.05) is 51.5 Å². The molecule has 0 spiro atoms. The van der Waals surface area contributed by atoms with Crippen LogP contribution in [0, 0.1) is 0 Å². The first-order chi connectivity index (χ1) is 12.5. The number of pyridine rings is 1. The maximum absolute atomic E-state index is 12.4. The van der Waals surface area contributed by atoms with Crippen LogP contribution in [0.15, 0.2) is 30.6 Å². The fourth-order valence-corrected chi connectivity index (χ4v) is 4.02. The van der Waals surface area contributed by atoms with E-state index in [9.17, 15) is 13.2 Å². The summed E-state index contributed by atoms with van der Waals surface area (Å²) in [4.78, 5) is 17.6. The zero-order valence-corrected chi connectivity index (χ0v) is 15.5. The number of amides is 1. The van der Waals surface area contributed by atoms with Gasteiger partial charge >= 0.3 is 6.09 Å². The van der Waals surface area contributed by atoms with Crippen molar-refractivity contribution < 1.29 is 17.9 Å². The standard InChI is InChI=1S/C16H23N5O4S/c1-2-25-16(22)19-9-11-21(12-10-19)26(23,24)17-7-6-14-13-20-8-4-3-5-15(20)18-14/h3-5,8,13,17H,2,6-7,9-12H2,1H3. The second-order valence-electron chi connectivity index (χ2n) is 5.93. The molecule has 0 aromatic carbocycles. The number of rotatable bonds is 6. The average molecular weight is 381 g/mol. The Bertz CT molecular complexity index is 825. The van der Waals surface area contributed by atoms with Crippen LogP contribution in [-0.4, -0.2) is 72.4 Å². The van der Waals surface area contributed by atoms with Gasteiger partial charge < -0.3 is 14.0 Å². The number of imidazole rings is 1. The highest BCUT2D eigenvalue weighted by molar-refractivity contribution is 7.87. The van der Waals surface area contributed by atoms with Gasteiger partial charge in [-0.15, -0.1) is 0 Å². The molecule has 2 aromatic heterocycles. The van der Waals surface area contributed by atoms with Crippen LogP contribution in [0.2, 0.25) is 0 Å². The van der Waals surface area contributed by atoms with Gasteiger partial charge in [0.2, 0.25) is 0 Å². The number of nitrogens with one attached hydrogen (secondary N) is 1. The Morgan fingerprint density at radius 2 is 2.04 bits per heavy atom. The van der Waals surface area contributed by atoms with Crippen molar-refractivity contribution in [3.8, 4) is 0 Å². The Kier molecular flexibility index (Phi) is 5.74. The van der Waals surface area contributed by atoms with E-state index in [4.69, 9.17) is 4.74 Å². The predicted octanol–water partition coefficient (Wildman–Crippen LogP) is 0.485. The molecule has 1 aliphatic rings. The summed E-state index contributed by atoms with van der Waals surface area (Å²) in [6.45, 7) is 3.47. The molecule has 10 heteroatoms. The molecule has 0 radical (unpaired) electrons. The van der Waals surface area contributed by atoms with Crippen LogP contribution in [0.25, 0.3) is 5.65 Å². The monoisotopic (exact) mass is 381 g/mol. The number of piperazine rings is 1. The van der Waals surface area contributed by atoms with Crippen molar-refractivity contribution in [2.24, 2.45) is 0 Å². The molecule has 1 aliphatic heterocycles. The van der Waals surface area contributed by atoms with Crippen molar-refractivity contribution in [3.63, 3.8) is 0 Å². The minimum atomic E-state index is -3.57. The lowest BCUT2D eigenvalue weighted by atomic mass is 10.3. The van der Waals surface area contributed by atoms with E-state index in [1.54, 1.807) is 6.92 Å². The van der Waals surface area contributed by atoms with Crippen LogP contribution >= 0.6 is 0 Å². The van der Waals surface area contributed by atoms with Gasteiger partial charge in [-0.1, -0.05) is 6.07 Å². The molecule has 1 fully saturated rings. The molecule has 0 atom stereocenters. The van der Waals surface area contributed by atoms with Gasteiger partial charge in [0.05, 0.1) is 12.3 Å². The second kappa shape index (κ2) is 8.02. The minimum Gasteiger partial charge on any atom is -0.450 e. The van der Waals surface area contributed by atoms with Crippen LogP contribution in [0.4, 0.5) is 4.79 Å². The zero-order chi connectivity index (χ0) is 18.6. The lowest BCUT2D eigenvalue weighted by Crippen LogP contribution is -2.53. The normalized spacial score (nSPS) is 16.1. The molecule has 0 saturated carbocycles. The molecule has 3 rings (SSSR count). The molecular weight excluding hydrogens is 358 g/mol. The first-order valence-electron chi connectivity index (χ1n) is 8.58. The van der Waals surface area contributed by atoms with Crippen LogP contribution in [-0.2, 0) is 21.4 Å². The van der Waals surface area contributed by atoms with Gasteiger partial charge in [-0.25, -0.2) is 14.5 Å².